The Morgan fingerprint density at radius 3 is 2.83 bits per heavy atom. The number of nitrogens with zero attached hydrogens (tertiary/aromatic N) is 1. The second kappa shape index (κ2) is 7.79. The van der Waals surface area contributed by atoms with Gasteiger partial charge in [0.2, 0.25) is 5.91 Å². The lowest BCUT2D eigenvalue weighted by Crippen LogP contribution is -2.51. The zero-order valence-electron chi connectivity index (χ0n) is 13.0. The zero-order valence-corrected chi connectivity index (χ0v) is 14.6. The summed E-state index contributed by atoms with van der Waals surface area (Å²) in [5.74, 6) is 0.130. The van der Waals surface area contributed by atoms with Gasteiger partial charge < -0.3 is 10.6 Å². The molecule has 2 heterocycles. The number of rotatable bonds is 4. The molecule has 2 unspecified atom stereocenters. The van der Waals surface area contributed by atoms with Crippen molar-refractivity contribution >= 4 is 29.9 Å². The Balaban J connectivity index is 0.00000192. The highest BCUT2D eigenvalue weighted by molar-refractivity contribution is 6.30. The summed E-state index contributed by atoms with van der Waals surface area (Å²) in [5, 5.41) is 6.29. The molecule has 4 nitrogen and oxygen atoms in total. The Labute approximate surface area is 147 Å². The van der Waals surface area contributed by atoms with Crippen molar-refractivity contribution in [2.24, 2.45) is 11.8 Å². The highest BCUT2D eigenvalue weighted by Crippen LogP contribution is 2.36. The number of nitrogens with one attached hydrogen (secondary N) is 2. The molecule has 3 rings (SSSR count). The molecule has 1 aromatic carbocycles. The van der Waals surface area contributed by atoms with Gasteiger partial charge in [0.25, 0.3) is 0 Å². The van der Waals surface area contributed by atoms with Crippen molar-refractivity contribution in [1.29, 1.82) is 0 Å². The first-order valence-electron chi connectivity index (χ1n) is 7.70. The molecule has 0 radical (unpaired) electrons. The van der Waals surface area contributed by atoms with E-state index in [2.05, 4.69) is 15.5 Å². The number of hydrogen-bond donors (Lipinski definition) is 2. The monoisotopic (exact) mass is 361 g/mol. The van der Waals surface area contributed by atoms with Crippen molar-refractivity contribution in [3.63, 3.8) is 0 Å². The van der Waals surface area contributed by atoms with Gasteiger partial charge in [-0.15, -0.1) is 12.4 Å². The first-order valence-corrected chi connectivity index (χ1v) is 8.07. The summed E-state index contributed by atoms with van der Waals surface area (Å²) in [6, 6.07) is 5.11. The standard InChI is InChI=1S/C16H21ClFN3O.ClH/c1-21-5-4-11(9-20-16(22)12-7-19-8-12)15(21)10-2-3-13(17)14(18)6-10;/h2-3,6,11-12,15,19H,4-5,7-9H2,1H3,(H,20,22);1H. The quantitative estimate of drug-likeness (QED) is 0.864. The highest BCUT2D eigenvalue weighted by atomic mass is 35.5. The molecule has 0 saturated carbocycles. The van der Waals surface area contributed by atoms with E-state index in [1.165, 1.54) is 6.07 Å². The number of amides is 1. The third kappa shape index (κ3) is 3.97. The Hall–Kier alpha value is -0.880. The molecular weight excluding hydrogens is 340 g/mol. The van der Waals surface area contributed by atoms with Gasteiger partial charge in [0.1, 0.15) is 5.82 Å². The number of likely N-dealkylation sites (tertiary alicyclic amines) is 1. The van der Waals surface area contributed by atoms with Gasteiger partial charge in [-0.2, -0.15) is 0 Å². The third-order valence-corrected chi connectivity index (χ3v) is 5.06. The smallest absolute Gasteiger partial charge is 0.225 e. The number of hydrogen-bond acceptors (Lipinski definition) is 3. The maximum absolute atomic E-state index is 13.7. The van der Waals surface area contributed by atoms with Crippen molar-refractivity contribution in [3.8, 4) is 0 Å². The van der Waals surface area contributed by atoms with E-state index < -0.39 is 0 Å². The van der Waals surface area contributed by atoms with Gasteiger partial charge in [-0.25, -0.2) is 4.39 Å². The lowest BCUT2D eigenvalue weighted by atomic mass is 9.93. The number of benzene rings is 1. The van der Waals surface area contributed by atoms with Crippen LogP contribution in [-0.4, -0.2) is 44.0 Å². The minimum absolute atomic E-state index is 0. The predicted octanol–water partition coefficient (Wildman–Crippen LogP) is 2.23. The summed E-state index contributed by atoms with van der Waals surface area (Å²) in [4.78, 5) is 14.2. The van der Waals surface area contributed by atoms with E-state index >= 15 is 0 Å². The van der Waals surface area contributed by atoms with Crippen LogP contribution in [0.2, 0.25) is 5.02 Å². The van der Waals surface area contributed by atoms with Crippen molar-refractivity contribution in [1.82, 2.24) is 15.5 Å². The van der Waals surface area contributed by atoms with Crippen LogP contribution in [0.3, 0.4) is 0 Å². The van der Waals surface area contributed by atoms with E-state index in [0.717, 1.165) is 31.6 Å². The zero-order chi connectivity index (χ0) is 15.7. The van der Waals surface area contributed by atoms with Gasteiger partial charge in [0.05, 0.1) is 10.9 Å². The molecule has 0 aliphatic carbocycles. The SMILES string of the molecule is CN1CCC(CNC(=O)C2CNC2)C1c1ccc(Cl)c(F)c1.Cl. The second-order valence-corrected chi connectivity index (χ2v) is 6.66. The second-order valence-electron chi connectivity index (χ2n) is 6.25. The van der Waals surface area contributed by atoms with E-state index in [4.69, 9.17) is 11.6 Å². The number of halogens is 3. The summed E-state index contributed by atoms with van der Waals surface area (Å²) in [6.07, 6.45) is 0.995. The number of carbonyl (C=O) groups is 1. The molecule has 2 N–H and O–H groups in total. The van der Waals surface area contributed by atoms with E-state index in [0.29, 0.717) is 12.5 Å². The molecule has 0 aromatic heterocycles. The average molecular weight is 362 g/mol. The van der Waals surface area contributed by atoms with Gasteiger partial charge in [0, 0.05) is 25.7 Å². The summed E-state index contributed by atoms with van der Waals surface area (Å²) in [6.45, 7) is 3.11. The van der Waals surface area contributed by atoms with E-state index in [1.54, 1.807) is 6.07 Å². The molecule has 0 bridgehead atoms. The Bertz CT molecular complexity index is 568. The minimum atomic E-state index is -0.386. The van der Waals surface area contributed by atoms with Crippen LogP contribution in [0.5, 0.6) is 0 Å². The molecular formula is C16H22Cl2FN3O. The van der Waals surface area contributed by atoms with Crippen molar-refractivity contribution < 1.29 is 9.18 Å². The molecule has 1 aromatic rings. The molecule has 7 heteroatoms. The molecule has 1 amide bonds. The normalized spacial score (nSPS) is 24.8. The summed E-state index contributed by atoms with van der Waals surface area (Å²) >= 11 is 5.77. The first-order chi connectivity index (χ1) is 10.6. The van der Waals surface area contributed by atoms with Crippen LogP contribution >= 0.6 is 24.0 Å². The lowest BCUT2D eigenvalue weighted by Gasteiger charge is -2.29. The average Bonchev–Trinajstić information content (AvgIpc) is 2.79. The molecule has 23 heavy (non-hydrogen) atoms. The van der Waals surface area contributed by atoms with Crippen LogP contribution in [0.25, 0.3) is 0 Å². The lowest BCUT2D eigenvalue weighted by molar-refractivity contribution is -0.126. The molecule has 2 saturated heterocycles. The molecule has 128 valence electrons. The van der Waals surface area contributed by atoms with E-state index in [9.17, 15) is 9.18 Å². The van der Waals surface area contributed by atoms with Gasteiger partial charge in [-0.05, 0) is 43.6 Å². The highest BCUT2D eigenvalue weighted by Gasteiger charge is 2.34. The summed E-state index contributed by atoms with van der Waals surface area (Å²) in [7, 11) is 2.04. The van der Waals surface area contributed by atoms with Crippen LogP contribution in [0.1, 0.15) is 18.0 Å². The topological polar surface area (TPSA) is 44.4 Å². The van der Waals surface area contributed by atoms with Gasteiger partial charge >= 0.3 is 0 Å². The van der Waals surface area contributed by atoms with Crippen LogP contribution < -0.4 is 10.6 Å². The van der Waals surface area contributed by atoms with Crippen molar-refractivity contribution in [3.05, 3.63) is 34.6 Å². The van der Waals surface area contributed by atoms with E-state index in [-0.39, 0.29) is 41.1 Å². The molecule has 2 aliphatic heterocycles. The molecule has 2 aliphatic rings. The van der Waals surface area contributed by atoms with Crippen LogP contribution in [-0.2, 0) is 4.79 Å². The summed E-state index contributed by atoms with van der Waals surface area (Å²) < 4.78 is 13.7. The largest absolute Gasteiger partial charge is 0.355 e. The maximum Gasteiger partial charge on any atom is 0.225 e. The Morgan fingerprint density at radius 2 is 2.22 bits per heavy atom. The molecule has 2 atom stereocenters. The van der Waals surface area contributed by atoms with Crippen LogP contribution in [0, 0.1) is 17.7 Å². The number of carbonyl (C=O) groups excluding carboxylic acids is 1. The van der Waals surface area contributed by atoms with Crippen molar-refractivity contribution in [2.75, 3.05) is 33.2 Å². The Kier molecular flexibility index (Phi) is 6.26. The molecule has 2 fully saturated rings. The van der Waals surface area contributed by atoms with Gasteiger partial charge in [-0.1, -0.05) is 17.7 Å². The van der Waals surface area contributed by atoms with Gasteiger partial charge in [0.15, 0.2) is 0 Å². The minimum Gasteiger partial charge on any atom is -0.355 e. The van der Waals surface area contributed by atoms with Crippen LogP contribution in [0.4, 0.5) is 4.39 Å². The Morgan fingerprint density at radius 1 is 1.48 bits per heavy atom. The van der Waals surface area contributed by atoms with Crippen molar-refractivity contribution in [2.45, 2.75) is 12.5 Å². The summed E-state index contributed by atoms with van der Waals surface area (Å²) in [5.41, 5.74) is 0.923. The fourth-order valence-electron chi connectivity index (χ4n) is 3.31. The van der Waals surface area contributed by atoms with E-state index in [1.807, 2.05) is 13.1 Å². The molecule has 0 spiro atoms. The third-order valence-electron chi connectivity index (χ3n) is 4.75. The van der Waals surface area contributed by atoms with Gasteiger partial charge in [-0.3, -0.25) is 9.69 Å². The predicted molar refractivity (Wildman–Crippen MR) is 91.5 cm³/mol. The fourth-order valence-corrected chi connectivity index (χ4v) is 3.43. The maximum atomic E-state index is 13.7. The van der Waals surface area contributed by atoms with Crippen LogP contribution in [0.15, 0.2) is 18.2 Å². The fraction of sp³-hybridized carbons (Fsp3) is 0.562. The first kappa shape index (κ1) is 18.5.